The Bertz CT molecular complexity index is 606. The normalized spacial score (nSPS) is 13.1. The molecule has 0 heterocycles. The molecule has 0 bridgehead atoms. The molecule has 3 N–H and O–H groups in total. The summed E-state index contributed by atoms with van der Waals surface area (Å²) in [4.78, 5) is 15.6. The van der Waals surface area contributed by atoms with Crippen LogP contribution in [0.2, 0.25) is 0 Å². The van der Waals surface area contributed by atoms with Crippen LogP contribution in [0, 0.1) is 0 Å². The molecule has 0 fully saturated rings. The molecule has 28 heavy (non-hydrogen) atoms. The van der Waals surface area contributed by atoms with Gasteiger partial charge in [-0.15, -0.1) is 0 Å². The van der Waals surface area contributed by atoms with Gasteiger partial charge in [0.05, 0.1) is 19.8 Å². The van der Waals surface area contributed by atoms with Gasteiger partial charge in [-0.05, 0) is 36.3 Å². The van der Waals surface area contributed by atoms with Gasteiger partial charge >= 0.3 is 5.97 Å². The largest absolute Gasteiger partial charge is 0.469 e. The molecular weight excluding hydrogens is 354 g/mol. The van der Waals surface area contributed by atoms with E-state index in [-0.39, 0.29) is 11.4 Å². The predicted molar refractivity (Wildman–Crippen MR) is 115 cm³/mol. The number of rotatable bonds is 10. The zero-order valence-electron chi connectivity index (χ0n) is 18.0. The van der Waals surface area contributed by atoms with Gasteiger partial charge in [-0.1, -0.05) is 51.5 Å². The minimum Gasteiger partial charge on any atom is -0.469 e. The molecule has 0 aliphatic heterocycles. The lowest BCUT2D eigenvalue weighted by Crippen LogP contribution is -2.38. The number of carbonyl (C=O) groups excluding carboxylic acids is 1. The summed E-state index contributed by atoms with van der Waals surface area (Å²) in [5, 5.41) is 16.9. The number of aliphatic imine (C=N–C) groups is 1. The van der Waals surface area contributed by atoms with E-state index in [1.807, 2.05) is 19.1 Å². The van der Waals surface area contributed by atoms with E-state index in [1.54, 1.807) is 0 Å². The molecule has 0 amide bonds. The van der Waals surface area contributed by atoms with Gasteiger partial charge in [0.15, 0.2) is 5.96 Å². The van der Waals surface area contributed by atoms with Crippen LogP contribution >= 0.6 is 0 Å². The number of nitrogens with one attached hydrogen (secondary N) is 2. The third-order valence-electron chi connectivity index (χ3n) is 4.51. The van der Waals surface area contributed by atoms with Crippen LogP contribution in [0.3, 0.4) is 0 Å². The maximum atomic E-state index is 11.1. The number of unbranched alkanes of at least 4 members (excludes halogenated alkanes) is 2. The van der Waals surface area contributed by atoms with E-state index in [0.29, 0.717) is 18.9 Å². The fourth-order valence-corrected chi connectivity index (χ4v) is 2.71. The number of guanidine groups is 1. The van der Waals surface area contributed by atoms with Crippen molar-refractivity contribution in [3.63, 3.8) is 0 Å². The van der Waals surface area contributed by atoms with E-state index in [9.17, 15) is 9.90 Å². The standard InChI is InChI=1S/C22H37N3O3/c1-6-23-21(24-15-9-7-8-10-20(27)28-5)25-16-19(26)17-11-13-18(14-12-17)22(2,3)4/h11-14,19,26H,6-10,15-16H2,1-5H3,(H2,23,24,25). The van der Waals surface area contributed by atoms with E-state index in [0.717, 1.165) is 37.9 Å². The van der Waals surface area contributed by atoms with Gasteiger partial charge in [-0.2, -0.15) is 0 Å². The molecule has 6 heteroatoms. The average molecular weight is 392 g/mol. The van der Waals surface area contributed by atoms with E-state index < -0.39 is 6.10 Å². The van der Waals surface area contributed by atoms with Crippen LogP contribution in [0.4, 0.5) is 0 Å². The van der Waals surface area contributed by atoms with Crippen molar-refractivity contribution in [2.45, 2.75) is 64.9 Å². The van der Waals surface area contributed by atoms with E-state index in [1.165, 1.54) is 12.7 Å². The minimum absolute atomic E-state index is 0.0978. The van der Waals surface area contributed by atoms with Gasteiger partial charge in [0.2, 0.25) is 0 Å². The zero-order valence-corrected chi connectivity index (χ0v) is 18.0. The Kier molecular flexibility index (Phi) is 10.6. The summed E-state index contributed by atoms with van der Waals surface area (Å²) in [6.45, 7) is 10.3. The number of esters is 1. The highest BCUT2D eigenvalue weighted by Gasteiger charge is 2.14. The second-order valence-electron chi connectivity index (χ2n) is 7.92. The Morgan fingerprint density at radius 2 is 1.82 bits per heavy atom. The molecule has 1 unspecified atom stereocenters. The quantitative estimate of drug-likeness (QED) is 0.247. The summed E-state index contributed by atoms with van der Waals surface area (Å²) in [5.41, 5.74) is 2.21. The highest BCUT2D eigenvalue weighted by molar-refractivity contribution is 5.79. The Balaban J connectivity index is 2.46. The summed E-state index contributed by atoms with van der Waals surface area (Å²) in [6.07, 6.45) is 2.54. The Morgan fingerprint density at radius 1 is 1.14 bits per heavy atom. The van der Waals surface area contributed by atoms with Crippen molar-refractivity contribution in [3.8, 4) is 0 Å². The molecule has 1 aromatic carbocycles. The van der Waals surface area contributed by atoms with Crippen molar-refractivity contribution in [2.75, 3.05) is 26.7 Å². The topological polar surface area (TPSA) is 83.0 Å². The smallest absolute Gasteiger partial charge is 0.305 e. The molecule has 0 spiro atoms. The number of nitrogens with zero attached hydrogens (tertiary/aromatic N) is 1. The summed E-state index contributed by atoms with van der Waals surface area (Å²) in [6, 6.07) is 8.09. The van der Waals surface area contributed by atoms with E-state index >= 15 is 0 Å². The first-order valence-electron chi connectivity index (χ1n) is 10.2. The number of aliphatic hydroxyl groups is 1. The molecule has 0 saturated carbocycles. The summed E-state index contributed by atoms with van der Waals surface area (Å²) in [7, 11) is 1.41. The summed E-state index contributed by atoms with van der Waals surface area (Å²) >= 11 is 0. The molecule has 1 rings (SSSR count). The lowest BCUT2D eigenvalue weighted by molar-refractivity contribution is -0.140. The summed E-state index contributed by atoms with van der Waals surface area (Å²) < 4.78 is 4.63. The van der Waals surface area contributed by atoms with Gasteiger partial charge in [-0.25, -0.2) is 0 Å². The van der Waals surface area contributed by atoms with Crippen molar-refractivity contribution in [1.82, 2.24) is 10.6 Å². The van der Waals surface area contributed by atoms with Crippen LogP contribution in [-0.4, -0.2) is 43.8 Å². The van der Waals surface area contributed by atoms with Gasteiger partial charge in [0.1, 0.15) is 0 Å². The van der Waals surface area contributed by atoms with Gasteiger partial charge in [-0.3, -0.25) is 9.79 Å². The number of benzene rings is 1. The second kappa shape index (κ2) is 12.4. The Labute approximate surface area is 169 Å². The third kappa shape index (κ3) is 9.22. The lowest BCUT2D eigenvalue weighted by atomic mass is 9.86. The van der Waals surface area contributed by atoms with Crippen molar-refractivity contribution < 1.29 is 14.6 Å². The zero-order chi connectivity index (χ0) is 21.0. The fourth-order valence-electron chi connectivity index (χ4n) is 2.71. The number of aliphatic hydroxyl groups excluding tert-OH is 1. The van der Waals surface area contributed by atoms with Crippen LogP contribution in [0.5, 0.6) is 0 Å². The highest BCUT2D eigenvalue weighted by Crippen LogP contribution is 2.24. The first-order valence-corrected chi connectivity index (χ1v) is 10.2. The molecule has 0 aromatic heterocycles. The molecule has 0 radical (unpaired) electrons. The number of methoxy groups -OCH3 is 1. The van der Waals surface area contributed by atoms with Gasteiger partial charge in [0.25, 0.3) is 0 Å². The predicted octanol–water partition coefficient (Wildman–Crippen LogP) is 3.31. The number of ether oxygens (including phenoxy) is 1. The summed E-state index contributed by atoms with van der Waals surface area (Å²) in [5.74, 6) is 0.535. The molecule has 0 aliphatic carbocycles. The van der Waals surface area contributed by atoms with Crippen LogP contribution in [0.25, 0.3) is 0 Å². The van der Waals surface area contributed by atoms with E-state index in [2.05, 4.69) is 53.3 Å². The van der Waals surface area contributed by atoms with Crippen molar-refractivity contribution >= 4 is 11.9 Å². The molecular formula is C22H37N3O3. The van der Waals surface area contributed by atoms with E-state index in [4.69, 9.17) is 0 Å². The molecule has 158 valence electrons. The van der Waals surface area contributed by atoms with Crippen LogP contribution in [-0.2, 0) is 14.9 Å². The third-order valence-corrected chi connectivity index (χ3v) is 4.51. The number of hydrogen-bond acceptors (Lipinski definition) is 4. The highest BCUT2D eigenvalue weighted by atomic mass is 16.5. The van der Waals surface area contributed by atoms with Gasteiger partial charge < -0.3 is 20.5 Å². The van der Waals surface area contributed by atoms with Crippen LogP contribution in [0.1, 0.15) is 70.6 Å². The number of hydrogen-bond donors (Lipinski definition) is 3. The molecule has 1 atom stereocenters. The number of carbonyl (C=O) groups is 1. The maximum Gasteiger partial charge on any atom is 0.305 e. The monoisotopic (exact) mass is 391 g/mol. The molecule has 0 saturated heterocycles. The van der Waals surface area contributed by atoms with Crippen LogP contribution < -0.4 is 10.6 Å². The fraction of sp³-hybridized carbons (Fsp3) is 0.636. The van der Waals surface area contributed by atoms with Gasteiger partial charge in [0, 0.05) is 19.5 Å². The first-order chi connectivity index (χ1) is 13.3. The maximum absolute atomic E-state index is 11.1. The molecule has 0 aliphatic rings. The first kappa shape index (κ1) is 24.0. The SMILES string of the molecule is CCNC(=NCC(O)c1ccc(C(C)(C)C)cc1)NCCCCCC(=O)OC. The Hall–Kier alpha value is -2.08. The van der Waals surface area contributed by atoms with Crippen LogP contribution in [0.15, 0.2) is 29.3 Å². The Morgan fingerprint density at radius 3 is 2.39 bits per heavy atom. The van der Waals surface area contributed by atoms with Crippen molar-refractivity contribution in [3.05, 3.63) is 35.4 Å². The average Bonchev–Trinajstić information content (AvgIpc) is 2.67. The van der Waals surface area contributed by atoms with Crippen molar-refractivity contribution in [2.24, 2.45) is 4.99 Å². The molecule has 1 aromatic rings. The lowest BCUT2D eigenvalue weighted by Gasteiger charge is -2.20. The van der Waals surface area contributed by atoms with Crippen molar-refractivity contribution in [1.29, 1.82) is 0 Å². The molecule has 6 nitrogen and oxygen atoms in total. The minimum atomic E-state index is -0.635. The second-order valence-corrected chi connectivity index (χ2v) is 7.92.